The van der Waals surface area contributed by atoms with Gasteiger partial charge >= 0.3 is 0 Å². The smallest absolute Gasteiger partial charge is 0.191 e. The molecule has 0 saturated carbocycles. The number of aliphatic imine (C=N–C) groups is 1. The van der Waals surface area contributed by atoms with E-state index in [-0.39, 0.29) is 0 Å². The first-order valence-electron chi connectivity index (χ1n) is 7.32. The molecule has 1 heterocycles. The Morgan fingerprint density at radius 2 is 1.95 bits per heavy atom. The third kappa shape index (κ3) is 4.49. The van der Waals surface area contributed by atoms with Gasteiger partial charge in [-0.15, -0.1) is 0 Å². The summed E-state index contributed by atoms with van der Waals surface area (Å²) in [6, 6.07) is 10.1. The predicted octanol–water partition coefficient (Wildman–Crippen LogP) is 2.98. The van der Waals surface area contributed by atoms with Crippen molar-refractivity contribution in [1.82, 2.24) is 20.4 Å². The molecule has 2 rings (SSSR count). The topological polar surface area (TPSA) is 54.2 Å². The first-order valence-corrected chi connectivity index (χ1v) is 7.70. The Morgan fingerprint density at radius 3 is 2.59 bits per heavy atom. The van der Waals surface area contributed by atoms with Gasteiger partial charge in [0.1, 0.15) is 0 Å². The van der Waals surface area contributed by atoms with Gasteiger partial charge in [-0.3, -0.25) is 9.67 Å². The summed E-state index contributed by atoms with van der Waals surface area (Å²) in [7, 11) is 1.74. The van der Waals surface area contributed by atoms with Gasteiger partial charge in [0.25, 0.3) is 0 Å². The maximum absolute atomic E-state index is 6.14. The minimum Gasteiger partial charge on any atom is -0.352 e. The molecule has 22 heavy (non-hydrogen) atoms. The molecule has 118 valence electrons. The van der Waals surface area contributed by atoms with E-state index >= 15 is 0 Å². The van der Waals surface area contributed by atoms with Crippen molar-refractivity contribution in [3.8, 4) is 0 Å². The Bertz CT molecular complexity index is 633. The van der Waals surface area contributed by atoms with E-state index in [1.54, 1.807) is 7.05 Å². The zero-order valence-electron chi connectivity index (χ0n) is 13.2. The molecule has 0 saturated heterocycles. The Hall–Kier alpha value is -2.01. The van der Waals surface area contributed by atoms with E-state index in [1.165, 1.54) is 0 Å². The van der Waals surface area contributed by atoms with Crippen LogP contribution in [0.3, 0.4) is 0 Å². The molecular formula is C16H22ClN5. The van der Waals surface area contributed by atoms with Crippen molar-refractivity contribution in [2.75, 3.05) is 7.05 Å². The molecule has 0 atom stereocenters. The summed E-state index contributed by atoms with van der Waals surface area (Å²) < 4.78 is 1.94. The number of nitrogens with zero attached hydrogens (tertiary/aromatic N) is 3. The molecule has 0 fully saturated rings. The second-order valence-electron chi connectivity index (χ2n) is 5.25. The van der Waals surface area contributed by atoms with E-state index in [0.29, 0.717) is 19.1 Å². The monoisotopic (exact) mass is 319 g/mol. The Labute approximate surface area is 136 Å². The van der Waals surface area contributed by atoms with Crippen molar-refractivity contribution >= 4 is 17.6 Å². The summed E-state index contributed by atoms with van der Waals surface area (Å²) in [6.07, 6.45) is 1.99. The van der Waals surface area contributed by atoms with Crippen LogP contribution in [0.4, 0.5) is 0 Å². The molecule has 1 aromatic carbocycles. The highest BCUT2D eigenvalue weighted by molar-refractivity contribution is 6.31. The standard InChI is InChI=1S/C16H22ClN5/c1-12(2)22-9-8-14(21-22)11-20-16(18-3)19-10-13-6-4-5-7-15(13)17/h4-9,12H,10-11H2,1-3H3,(H2,18,19,20). The van der Waals surface area contributed by atoms with Gasteiger partial charge in [-0.25, -0.2) is 0 Å². The fourth-order valence-corrected chi connectivity index (χ4v) is 2.18. The molecule has 0 aliphatic rings. The molecule has 2 aromatic rings. The van der Waals surface area contributed by atoms with Crippen molar-refractivity contribution in [3.63, 3.8) is 0 Å². The zero-order chi connectivity index (χ0) is 15.9. The second kappa shape index (κ2) is 7.84. The van der Waals surface area contributed by atoms with Crippen molar-refractivity contribution in [2.45, 2.75) is 33.0 Å². The van der Waals surface area contributed by atoms with Gasteiger partial charge in [0.15, 0.2) is 5.96 Å². The number of guanidine groups is 1. The molecule has 2 N–H and O–H groups in total. The van der Waals surface area contributed by atoms with Crippen LogP contribution in [-0.2, 0) is 13.1 Å². The van der Waals surface area contributed by atoms with Gasteiger partial charge in [0, 0.05) is 30.9 Å². The lowest BCUT2D eigenvalue weighted by Crippen LogP contribution is -2.36. The SMILES string of the molecule is CN=C(NCc1ccn(C(C)C)n1)NCc1ccccc1Cl. The minimum absolute atomic E-state index is 0.367. The summed E-state index contributed by atoms with van der Waals surface area (Å²) in [6.45, 7) is 5.46. The molecule has 0 spiro atoms. The summed E-state index contributed by atoms with van der Waals surface area (Å²) in [5.74, 6) is 0.721. The highest BCUT2D eigenvalue weighted by atomic mass is 35.5. The largest absolute Gasteiger partial charge is 0.352 e. The van der Waals surface area contributed by atoms with Crippen molar-refractivity contribution in [3.05, 3.63) is 52.8 Å². The number of halogens is 1. The summed E-state index contributed by atoms with van der Waals surface area (Å²) in [5.41, 5.74) is 2.02. The molecule has 0 aliphatic heterocycles. The van der Waals surface area contributed by atoms with Crippen molar-refractivity contribution in [2.24, 2.45) is 4.99 Å². The first-order chi connectivity index (χ1) is 10.6. The molecule has 0 aliphatic carbocycles. The van der Waals surface area contributed by atoms with E-state index in [0.717, 1.165) is 22.2 Å². The molecule has 0 amide bonds. The Morgan fingerprint density at radius 1 is 1.23 bits per heavy atom. The predicted molar refractivity (Wildman–Crippen MR) is 91.1 cm³/mol. The van der Waals surface area contributed by atoms with Crippen LogP contribution >= 0.6 is 11.6 Å². The van der Waals surface area contributed by atoms with E-state index in [2.05, 4.69) is 34.6 Å². The van der Waals surface area contributed by atoms with Crippen LogP contribution in [0.2, 0.25) is 5.02 Å². The molecule has 0 bridgehead atoms. The zero-order valence-corrected chi connectivity index (χ0v) is 13.9. The van der Waals surface area contributed by atoms with Crippen LogP contribution in [0.25, 0.3) is 0 Å². The van der Waals surface area contributed by atoms with Gasteiger partial charge in [-0.1, -0.05) is 29.8 Å². The van der Waals surface area contributed by atoms with Crippen LogP contribution in [0.1, 0.15) is 31.1 Å². The summed E-state index contributed by atoms with van der Waals surface area (Å²) in [5, 5.41) is 11.7. The minimum atomic E-state index is 0.367. The van der Waals surface area contributed by atoms with E-state index in [1.807, 2.05) is 41.2 Å². The van der Waals surface area contributed by atoms with E-state index < -0.39 is 0 Å². The third-order valence-corrected chi connectivity index (χ3v) is 3.63. The van der Waals surface area contributed by atoms with Crippen LogP contribution in [-0.4, -0.2) is 22.8 Å². The lowest BCUT2D eigenvalue weighted by Gasteiger charge is -2.12. The maximum Gasteiger partial charge on any atom is 0.191 e. The van der Waals surface area contributed by atoms with Crippen LogP contribution in [0.15, 0.2) is 41.5 Å². The molecule has 1 aromatic heterocycles. The van der Waals surface area contributed by atoms with Gasteiger partial charge < -0.3 is 10.6 Å². The fourth-order valence-electron chi connectivity index (χ4n) is 1.97. The normalized spacial score (nSPS) is 11.8. The van der Waals surface area contributed by atoms with Gasteiger partial charge in [0.2, 0.25) is 0 Å². The van der Waals surface area contributed by atoms with Crippen molar-refractivity contribution in [1.29, 1.82) is 0 Å². The van der Waals surface area contributed by atoms with Gasteiger partial charge in [-0.2, -0.15) is 5.10 Å². The summed E-state index contributed by atoms with van der Waals surface area (Å²) in [4.78, 5) is 4.21. The lowest BCUT2D eigenvalue weighted by atomic mass is 10.2. The second-order valence-corrected chi connectivity index (χ2v) is 5.66. The fraction of sp³-hybridized carbons (Fsp3) is 0.375. The molecule has 0 unspecified atom stereocenters. The van der Waals surface area contributed by atoms with Crippen LogP contribution in [0.5, 0.6) is 0 Å². The highest BCUT2D eigenvalue weighted by Crippen LogP contribution is 2.14. The number of hydrogen-bond donors (Lipinski definition) is 2. The average Bonchev–Trinajstić information content (AvgIpc) is 2.98. The summed E-state index contributed by atoms with van der Waals surface area (Å²) >= 11 is 6.14. The number of hydrogen-bond acceptors (Lipinski definition) is 2. The number of aromatic nitrogens is 2. The van der Waals surface area contributed by atoms with Crippen LogP contribution < -0.4 is 10.6 Å². The Balaban J connectivity index is 1.86. The Kier molecular flexibility index (Phi) is 5.83. The van der Waals surface area contributed by atoms with E-state index in [9.17, 15) is 0 Å². The van der Waals surface area contributed by atoms with Gasteiger partial charge in [0.05, 0.1) is 12.2 Å². The van der Waals surface area contributed by atoms with Crippen molar-refractivity contribution < 1.29 is 0 Å². The van der Waals surface area contributed by atoms with Gasteiger partial charge in [-0.05, 0) is 31.5 Å². The molecule has 5 nitrogen and oxygen atoms in total. The van der Waals surface area contributed by atoms with E-state index in [4.69, 9.17) is 11.6 Å². The maximum atomic E-state index is 6.14. The van der Waals surface area contributed by atoms with Crippen LogP contribution in [0, 0.1) is 0 Å². The number of benzene rings is 1. The first kappa shape index (κ1) is 16.4. The third-order valence-electron chi connectivity index (χ3n) is 3.26. The number of rotatable bonds is 5. The molecule has 6 heteroatoms. The molecular weight excluding hydrogens is 298 g/mol. The average molecular weight is 320 g/mol. The highest BCUT2D eigenvalue weighted by Gasteiger charge is 2.04. The number of nitrogens with one attached hydrogen (secondary N) is 2. The lowest BCUT2D eigenvalue weighted by molar-refractivity contribution is 0.525. The molecule has 0 radical (unpaired) electrons. The quantitative estimate of drug-likeness (QED) is 0.658.